The average molecular weight is 742 g/mol. The summed E-state index contributed by atoms with van der Waals surface area (Å²) in [6.45, 7) is 13.7. The molecule has 0 unspecified atom stereocenters. The number of rotatable bonds is 5. The van der Waals surface area contributed by atoms with Crippen molar-refractivity contribution in [3.05, 3.63) is 178 Å². The van der Waals surface area contributed by atoms with Crippen LogP contribution in [0.4, 0.5) is 0 Å². The van der Waals surface area contributed by atoms with Gasteiger partial charge in [-0.2, -0.15) is 0 Å². The highest BCUT2D eigenvalue weighted by molar-refractivity contribution is 7.25. The van der Waals surface area contributed by atoms with Gasteiger partial charge in [0.05, 0.1) is 6.54 Å². The van der Waals surface area contributed by atoms with E-state index in [0.717, 1.165) is 31.4 Å². The Balaban J connectivity index is 0.000000156. The van der Waals surface area contributed by atoms with Crippen LogP contribution in [0.1, 0.15) is 71.4 Å². The molecule has 9 rings (SSSR count). The third kappa shape index (κ3) is 8.82. The van der Waals surface area contributed by atoms with Crippen LogP contribution in [0.15, 0.2) is 150 Å². The van der Waals surface area contributed by atoms with Crippen LogP contribution in [-0.2, 0) is 13.0 Å². The van der Waals surface area contributed by atoms with Crippen LogP contribution in [-0.4, -0.2) is 19.3 Å². The Kier molecular flexibility index (Phi) is 13.1. The van der Waals surface area contributed by atoms with Gasteiger partial charge in [-0.3, -0.25) is 10.4 Å². The molecule has 3 nitrogen and oxygen atoms in total. The van der Waals surface area contributed by atoms with Gasteiger partial charge in [0.2, 0.25) is 0 Å². The van der Waals surface area contributed by atoms with Crippen molar-refractivity contribution in [3.8, 4) is 0 Å². The van der Waals surface area contributed by atoms with Gasteiger partial charge in [-0.05, 0) is 104 Å². The van der Waals surface area contributed by atoms with Crippen molar-refractivity contribution >= 4 is 83.3 Å². The van der Waals surface area contributed by atoms with E-state index < -0.39 is 0 Å². The zero-order valence-electron chi connectivity index (χ0n) is 31.4. The van der Waals surface area contributed by atoms with E-state index in [2.05, 4.69) is 115 Å². The van der Waals surface area contributed by atoms with E-state index >= 15 is 0 Å². The molecule has 2 aliphatic rings. The number of benzene rings is 5. The number of hydrogen-bond acceptors (Lipinski definition) is 4. The summed E-state index contributed by atoms with van der Waals surface area (Å²) in [5.74, 6) is 0.226. The monoisotopic (exact) mass is 741 g/mol. The minimum Gasteiger partial charge on any atom is -0.296 e. The van der Waals surface area contributed by atoms with Crippen molar-refractivity contribution in [1.29, 1.82) is 5.41 Å². The van der Waals surface area contributed by atoms with Gasteiger partial charge in [0, 0.05) is 46.3 Å². The SMILES string of the molecule is C=NC(=N)c1ccc(C2=CC=CCC2)cc1.C=NCc1ccccc1.CC.Cc1ccc2c(c1)sc1ccc(C3=CCCc4sc5ccccc5c43)cc12. The second-order valence-corrected chi connectivity index (χ2v) is 15.2. The number of aliphatic imine (C=N–C) groups is 2. The first-order chi connectivity index (χ1) is 26.5. The van der Waals surface area contributed by atoms with E-state index in [-0.39, 0.29) is 5.84 Å². The lowest BCUT2D eigenvalue weighted by Crippen LogP contribution is -1.97. The maximum atomic E-state index is 7.54. The number of fused-ring (bicyclic) bond motifs is 6. The van der Waals surface area contributed by atoms with E-state index in [1.165, 1.54) is 75.6 Å². The standard InChI is InChI=1S/C25H18S2.C14H14N2.C8H9N.C2H6/c1-15-9-11-18-20-14-16(10-12-22(20)27-24(18)13-15)17-6-4-8-23-25(17)19-5-2-3-7-21(19)26-23;1-16-14(15)13-9-7-12(8-10-13)11-5-3-2-4-6-11;1-9-7-8-5-3-2-4-6-8;1-2/h2-3,5-7,9-14H,4,8H2,1H3;2-3,5,7-10,15H,1,4,6H2;2-6H,1,7H2;1-2H3. The largest absolute Gasteiger partial charge is 0.296 e. The predicted octanol–water partition coefficient (Wildman–Crippen LogP) is 14.3. The summed E-state index contributed by atoms with van der Waals surface area (Å²) in [6.07, 6.45) is 13.4. The molecule has 0 atom stereocenters. The van der Waals surface area contributed by atoms with Crippen LogP contribution in [0.5, 0.6) is 0 Å². The summed E-state index contributed by atoms with van der Waals surface area (Å²) < 4.78 is 4.18. The molecule has 0 spiro atoms. The molecule has 2 heterocycles. The Morgan fingerprint density at radius 1 is 0.704 bits per heavy atom. The van der Waals surface area contributed by atoms with E-state index in [9.17, 15) is 0 Å². The summed E-state index contributed by atoms with van der Waals surface area (Å²) in [5.41, 5.74) is 10.2. The van der Waals surface area contributed by atoms with Crippen LogP contribution in [0, 0.1) is 12.3 Å². The van der Waals surface area contributed by atoms with E-state index in [4.69, 9.17) is 5.41 Å². The first kappa shape index (κ1) is 38.2. The van der Waals surface area contributed by atoms with Crippen molar-refractivity contribution in [3.63, 3.8) is 0 Å². The van der Waals surface area contributed by atoms with Gasteiger partial charge in [0.1, 0.15) is 0 Å². The van der Waals surface area contributed by atoms with Crippen LogP contribution >= 0.6 is 22.7 Å². The number of allylic oxidation sites excluding steroid dienone is 5. The highest BCUT2D eigenvalue weighted by atomic mass is 32.1. The number of thiophene rings is 2. The Labute approximate surface area is 328 Å². The molecule has 0 saturated heterocycles. The molecular formula is C49H47N3S2. The molecule has 2 aromatic heterocycles. The fourth-order valence-corrected chi connectivity index (χ4v) is 9.24. The maximum absolute atomic E-state index is 7.54. The summed E-state index contributed by atoms with van der Waals surface area (Å²) in [7, 11) is 0. The van der Waals surface area contributed by atoms with Crippen molar-refractivity contribution in [1.82, 2.24) is 0 Å². The Morgan fingerprint density at radius 2 is 1.44 bits per heavy atom. The quantitative estimate of drug-likeness (QED) is 0.135. The minimum absolute atomic E-state index is 0.226. The fraction of sp³-hybridized carbons (Fsp3) is 0.163. The highest BCUT2D eigenvalue weighted by Gasteiger charge is 2.20. The molecule has 0 amide bonds. The molecule has 0 radical (unpaired) electrons. The lowest BCUT2D eigenvalue weighted by atomic mass is 9.89. The zero-order valence-corrected chi connectivity index (χ0v) is 33.1. The van der Waals surface area contributed by atoms with Gasteiger partial charge in [-0.25, -0.2) is 4.99 Å². The molecule has 5 aromatic carbocycles. The molecule has 2 aliphatic carbocycles. The maximum Gasteiger partial charge on any atom is 0.151 e. The summed E-state index contributed by atoms with van der Waals surface area (Å²) in [6, 6.07) is 40.7. The number of nitrogens with one attached hydrogen (secondary N) is 1. The van der Waals surface area contributed by atoms with Crippen LogP contribution in [0.3, 0.4) is 0 Å². The normalized spacial score (nSPS) is 12.9. The average Bonchev–Trinajstić information content (AvgIpc) is 3.80. The molecular weight excluding hydrogens is 695 g/mol. The molecule has 0 fully saturated rings. The molecule has 0 bridgehead atoms. The number of amidine groups is 1. The van der Waals surface area contributed by atoms with E-state index in [1.807, 2.05) is 91.1 Å². The van der Waals surface area contributed by atoms with E-state index in [0.29, 0.717) is 0 Å². The number of hydrogen-bond donors (Lipinski definition) is 1. The van der Waals surface area contributed by atoms with Crippen molar-refractivity contribution in [2.24, 2.45) is 9.98 Å². The molecule has 270 valence electrons. The van der Waals surface area contributed by atoms with Crippen LogP contribution < -0.4 is 0 Å². The second-order valence-electron chi connectivity index (χ2n) is 13.0. The second kappa shape index (κ2) is 18.5. The zero-order chi connectivity index (χ0) is 37.9. The first-order valence-electron chi connectivity index (χ1n) is 18.6. The highest BCUT2D eigenvalue weighted by Crippen LogP contribution is 2.44. The molecule has 0 saturated carbocycles. The van der Waals surface area contributed by atoms with E-state index in [1.54, 1.807) is 4.88 Å². The Morgan fingerprint density at radius 3 is 2.19 bits per heavy atom. The third-order valence-corrected chi connectivity index (χ3v) is 11.8. The molecule has 54 heavy (non-hydrogen) atoms. The molecule has 5 heteroatoms. The molecule has 0 aliphatic heterocycles. The number of nitrogens with zero attached hydrogens (tertiary/aromatic N) is 2. The summed E-state index contributed by atoms with van der Waals surface area (Å²) in [4.78, 5) is 8.91. The van der Waals surface area contributed by atoms with Crippen molar-refractivity contribution in [2.45, 2.75) is 53.0 Å². The van der Waals surface area contributed by atoms with Crippen LogP contribution in [0.25, 0.3) is 41.4 Å². The first-order valence-corrected chi connectivity index (χ1v) is 20.3. The van der Waals surface area contributed by atoms with Gasteiger partial charge >= 0.3 is 0 Å². The topological polar surface area (TPSA) is 48.6 Å². The van der Waals surface area contributed by atoms with Crippen LogP contribution in [0.2, 0.25) is 0 Å². The van der Waals surface area contributed by atoms with Crippen molar-refractivity contribution < 1.29 is 0 Å². The van der Waals surface area contributed by atoms with Crippen molar-refractivity contribution in [2.75, 3.05) is 0 Å². The lowest BCUT2D eigenvalue weighted by Gasteiger charge is -2.15. The Hall–Kier alpha value is -5.49. The fourth-order valence-electron chi connectivity index (χ4n) is 6.82. The smallest absolute Gasteiger partial charge is 0.151 e. The summed E-state index contributed by atoms with van der Waals surface area (Å²) in [5, 5.41) is 11.7. The summed E-state index contributed by atoms with van der Waals surface area (Å²) >= 11 is 3.87. The number of aryl methyl sites for hydroxylation is 2. The van der Waals surface area contributed by atoms with Gasteiger partial charge in [-0.15, -0.1) is 22.7 Å². The minimum atomic E-state index is 0.226. The Bertz CT molecular complexity index is 2490. The molecule has 7 aromatic rings. The lowest BCUT2D eigenvalue weighted by molar-refractivity contribution is 1.01. The van der Waals surface area contributed by atoms with Gasteiger partial charge in [-0.1, -0.05) is 129 Å². The third-order valence-electron chi connectivity index (χ3n) is 9.43. The van der Waals surface area contributed by atoms with Gasteiger partial charge < -0.3 is 0 Å². The van der Waals surface area contributed by atoms with Gasteiger partial charge in [0.25, 0.3) is 0 Å². The molecule has 1 N–H and O–H groups in total. The van der Waals surface area contributed by atoms with Gasteiger partial charge in [0.15, 0.2) is 5.84 Å². The predicted molar refractivity (Wildman–Crippen MR) is 242 cm³/mol.